The molecule has 0 radical (unpaired) electrons. The summed E-state index contributed by atoms with van der Waals surface area (Å²) in [5, 5.41) is 5.75. The molecule has 4 nitrogen and oxygen atoms in total. The van der Waals surface area contributed by atoms with E-state index in [4.69, 9.17) is 0 Å². The third-order valence-corrected chi connectivity index (χ3v) is 4.27. The Kier molecular flexibility index (Phi) is 8.67. The van der Waals surface area contributed by atoms with Gasteiger partial charge < -0.3 is 10.6 Å². The van der Waals surface area contributed by atoms with Crippen molar-refractivity contribution in [1.82, 2.24) is 5.32 Å². The summed E-state index contributed by atoms with van der Waals surface area (Å²) in [6, 6.07) is 7.49. The molecular formula is C17H26N2O2S. The maximum absolute atomic E-state index is 11.9. The highest BCUT2D eigenvalue weighted by molar-refractivity contribution is 7.99. The van der Waals surface area contributed by atoms with Crippen LogP contribution in [0.1, 0.15) is 51.6 Å². The minimum atomic E-state index is -0.0991. The van der Waals surface area contributed by atoms with Gasteiger partial charge in [0.15, 0.2) is 0 Å². The summed E-state index contributed by atoms with van der Waals surface area (Å²) in [6.07, 6.45) is 2.95. The Hall–Kier alpha value is -1.49. The molecule has 1 unspecified atom stereocenters. The maximum Gasteiger partial charge on any atom is 0.221 e. The molecule has 2 N–H and O–H groups in total. The van der Waals surface area contributed by atoms with Crippen molar-refractivity contribution in [2.24, 2.45) is 0 Å². The molecule has 0 aliphatic carbocycles. The minimum Gasteiger partial charge on any atom is -0.350 e. The zero-order valence-electron chi connectivity index (χ0n) is 13.6. The van der Waals surface area contributed by atoms with Gasteiger partial charge in [-0.3, -0.25) is 9.59 Å². The van der Waals surface area contributed by atoms with Gasteiger partial charge in [0.1, 0.15) is 0 Å². The van der Waals surface area contributed by atoms with Gasteiger partial charge in [-0.15, -0.1) is 0 Å². The molecule has 5 heteroatoms. The zero-order chi connectivity index (χ0) is 16.4. The summed E-state index contributed by atoms with van der Waals surface area (Å²) in [6.45, 7) is 5.60. The van der Waals surface area contributed by atoms with Crippen molar-refractivity contribution in [1.29, 1.82) is 0 Å². The number of unbranched alkanes of at least 4 members (excludes halogenated alkanes) is 1. The molecule has 122 valence electrons. The average Bonchev–Trinajstić information content (AvgIpc) is 2.46. The van der Waals surface area contributed by atoms with Crippen molar-refractivity contribution in [2.45, 2.75) is 46.1 Å². The summed E-state index contributed by atoms with van der Waals surface area (Å²) >= 11 is 1.83. The molecule has 2 amide bonds. The maximum atomic E-state index is 11.9. The molecular weight excluding hydrogens is 296 g/mol. The van der Waals surface area contributed by atoms with Crippen molar-refractivity contribution >= 4 is 29.3 Å². The van der Waals surface area contributed by atoms with Crippen LogP contribution in [0.3, 0.4) is 0 Å². The molecule has 0 aliphatic heterocycles. The number of hydrogen-bond acceptors (Lipinski definition) is 3. The van der Waals surface area contributed by atoms with Crippen molar-refractivity contribution in [3.05, 3.63) is 29.8 Å². The fraction of sp³-hybridized carbons (Fsp3) is 0.529. The molecule has 0 spiro atoms. The van der Waals surface area contributed by atoms with Crippen LogP contribution in [0.5, 0.6) is 0 Å². The minimum absolute atomic E-state index is 0.0677. The molecule has 0 aliphatic rings. The lowest BCUT2D eigenvalue weighted by Gasteiger charge is -2.15. The normalized spacial score (nSPS) is 11.8. The van der Waals surface area contributed by atoms with Crippen molar-refractivity contribution in [2.75, 3.05) is 16.8 Å². The summed E-state index contributed by atoms with van der Waals surface area (Å²) in [4.78, 5) is 23.0. The lowest BCUT2D eigenvalue weighted by atomic mass is 10.1. The van der Waals surface area contributed by atoms with Gasteiger partial charge in [-0.2, -0.15) is 11.8 Å². The molecule has 0 bridgehead atoms. The molecule has 1 rings (SSSR count). The number of nitrogens with one attached hydrogen (secondary N) is 2. The summed E-state index contributed by atoms with van der Waals surface area (Å²) in [5.41, 5.74) is 1.74. The first kappa shape index (κ1) is 18.6. The lowest BCUT2D eigenvalue weighted by molar-refractivity contribution is -0.121. The second-order valence-electron chi connectivity index (χ2n) is 5.31. The fourth-order valence-electron chi connectivity index (χ4n) is 2.00. The summed E-state index contributed by atoms with van der Waals surface area (Å²) in [5.74, 6) is 1.96. The zero-order valence-corrected chi connectivity index (χ0v) is 14.5. The van der Waals surface area contributed by atoms with Crippen LogP contribution in [0.4, 0.5) is 5.69 Å². The Morgan fingerprint density at radius 2 is 2.05 bits per heavy atom. The highest BCUT2D eigenvalue weighted by Crippen LogP contribution is 2.17. The molecule has 22 heavy (non-hydrogen) atoms. The smallest absolute Gasteiger partial charge is 0.221 e. The Bertz CT molecular complexity index is 491. The second-order valence-corrected chi connectivity index (χ2v) is 6.54. The summed E-state index contributed by atoms with van der Waals surface area (Å²) < 4.78 is 0. The van der Waals surface area contributed by atoms with Gasteiger partial charge in [-0.05, 0) is 36.8 Å². The van der Waals surface area contributed by atoms with E-state index in [2.05, 4.69) is 17.6 Å². The van der Waals surface area contributed by atoms with Crippen LogP contribution in [0.2, 0.25) is 0 Å². The number of benzene rings is 1. The van der Waals surface area contributed by atoms with E-state index >= 15 is 0 Å². The molecule has 0 fully saturated rings. The van der Waals surface area contributed by atoms with Crippen molar-refractivity contribution < 1.29 is 9.59 Å². The van der Waals surface area contributed by atoms with E-state index in [-0.39, 0.29) is 17.9 Å². The van der Waals surface area contributed by atoms with Crippen molar-refractivity contribution in [3.8, 4) is 0 Å². The predicted molar refractivity (Wildman–Crippen MR) is 94.2 cm³/mol. The van der Waals surface area contributed by atoms with Crippen LogP contribution in [-0.4, -0.2) is 23.3 Å². The van der Waals surface area contributed by atoms with Gasteiger partial charge in [0.2, 0.25) is 11.8 Å². The van der Waals surface area contributed by atoms with Gasteiger partial charge in [0.25, 0.3) is 0 Å². The molecule has 1 aromatic carbocycles. The number of carbonyl (C=O) groups is 2. The van der Waals surface area contributed by atoms with E-state index in [0.717, 1.165) is 22.8 Å². The molecule has 0 heterocycles. The van der Waals surface area contributed by atoms with Crippen LogP contribution in [0, 0.1) is 0 Å². The molecule has 1 aromatic rings. The summed E-state index contributed by atoms with van der Waals surface area (Å²) in [7, 11) is 0. The first-order chi connectivity index (χ1) is 10.5. The van der Waals surface area contributed by atoms with E-state index in [1.54, 1.807) is 0 Å². The molecule has 0 aromatic heterocycles. The van der Waals surface area contributed by atoms with E-state index < -0.39 is 0 Å². The topological polar surface area (TPSA) is 58.2 Å². The van der Waals surface area contributed by atoms with Crippen LogP contribution in [-0.2, 0) is 9.59 Å². The van der Waals surface area contributed by atoms with Crippen LogP contribution in [0.25, 0.3) is 0 Å². The van der Waals surface area contributed by atoms with Gasteiger partial charge in [-0.1, -0.05) is 25.5 Å². The van der Waals surface area contributed by atoms with Gasteiger partial charge >= 0.3 is 0 Å². The third-order valence-electron chi connectivity index (χ3n) is 3.20. The first-order valence-electron chi connectivity index (χ1n) is 7.77. The number of anilines is 1. The molecule has 0 saturated heterocycles. The van der Waals surface area contributed by atoms with Gasteiger partial charge in [-0.25, -0.2) is 0 Å². The Balaban J connectivity index is 2.42. The largest absolute Gasteiger partial charge is 0.350 e. The third kappa shape index (κ3) is 7.50. The lowest BCUT2D eigenvalue weighted by Crippen LogP contribution is -2.27. The van der Waals surface area contributed by atoms with E-state index in [0.29, 0.717) is 6.42 Å². The first-order valence-corrected chi connectivity index (χ1v) is 8.93. The van der Waals surface area contributed by atoms with E-state index in [9.17, 15) is 9.59 Å². The van der Waals surface area contributed by atoms with Crippen LogP contribution < -0.4 is 10.6 Å². The Morgan fingerprint density at radius 1 is 1.27 bits per heavy atom. The molecule has 1 atom stereocenters. The highest BCUT2D eigenvalue weighted by atomic mass is 32.2. The van der Waals surface area contributed by atoms with Crippen molar-refractivity contribution in [3.63, 3.8) is 0 Å². The standard InChI is InChI=1S/C17H26N2O2S/c1-4-5-10-22-11-9-17(21)18-13(2)15-7-6-8-16(12-15)19-14(3)20/h6-8,12-13H,4-5,9-11H2,1-3H3,(H,18,21)(H,19,20). The number of rotatable bonds is 9. The Morgan fingerprint density at radius 3 is 2.73 bits per heavy atom. The Labute approximate surface area is 137 Å². The van der Waals surface area contributed by atoms with Crippen LogP contribution >= 0.6 is 11.8 Å². The van der Waals surface area contributed by atoms with E-state index in [1.165, 1.54) is 19.8 Å². The van der Waals surface area contributed by atoms with E-state index in [1.807, 2.05) is 43.0 Å². The van der Waals surface area contributed by atoms with Gasteiger partial charge in [0, 0.05) is 24.8 Å². The number of thioether (sulfide) groups is 1. The molecule has 0 saturated carbocycles. The predicted octanol–water partition coefficient (Wildman–Crippen LogP) is 3.75. The highest BCUT2D eigenvalue weighted by Gasteiger charge is 2.10. The monoisotopic (exact) mass is 322 g/mol. The SMILES string of the molecule is CCCCSCCC(=O)NC(C)c1cccc(NC(C)=O)c1. The number of amides is 2. The van der Waals surface area contributed by atoms with Crippen LogP contribution in [0.15, 0.2) is 24.3 Å². The van der Waals surface area contributed by atoms with Gasteiger partial charge in [0.05, 0.1) is 6.04 Å². The number of carbonyl (C=O) groups excluding carboxylic acids is 2. The second kappa shape index (κ2) is 10.3. The fourth-order valence-corrected chi connectivity index (χ4v) is 3.03. The number of hydrogen-bond donors (Lipinski definition) is 2. The average molecular weight is 322 g/mol. The quantitative estimate of drug-likeness (QED) is 0.681.